The van der Waals surface area contributed by atoms with E-state index in [4.69, 9.17) is 11.6 Å². The first-order valence-corrected chi connectivity index (χ1v) is 10.1. The first-order valence-electron chi connectivity index (χ1n) is 8.76. The van der Waals surface area contributed by atoms with Crippen molar-refractivity contribution in [3.8, 4) is 0 Å². The van der Waals surface area contributed by atoms with Crippen molar-refractivity contribution in [1.29, 1.82) is 0 Å². The summed E-state index contributed by atoms with van der Waals surface area (Å²) in [6, 6.07) is 11.2. The molecule has 1 atom stereocenters. The lowest BCUT2D eigenvalue weighted by Crippen LogP contribution is -2.30. The highest BCUT2D eigenvalue weighted by Gasteiger charge is 2.19. The molecule has 0 fully saturated rings. The van der Waals surface area contributed by atoms with Gasteiger partial charge in [0.15, 0.2) is 5.82 Å². The van der Waals surface area contributed by atoms with Crippen molar-refractivity contribution in [3.63, 3.8) is 0 Å². The number of fused-ring (bicyclic) bond motifs is 1. The maximum atomic E-state index is 12.7. The lowest BCUT2D eigenvalue weighted by molar-refractivity contribution is -0.121. The summed E-state index contributed by atoms with van der Waals surface area (Å²) in [7, 11) is 0. The van der Waals surface area contributed by atoms with Gasteiger partial charge in [-0.2, -0.15) is 16.3 Å². The van der Waals surface area contributed by atoms with E-state index in [9.17, 15) is 4.79 Å². The van der Waals surface area contributed by atoms with Gasteiger partial charge in [-0.05, 0) is 60.0 Å². The third-order valence-corrected chi connectivity index (χ3v) is 5.32. The molecule has 1 aromatic carbocycles. The van der Waals surface area contributed by atoms with Crippen LogP contribution in [-0.4, -0.2) is 25.5 Å². The molecule has 1 N–H and O–H groups in total. The minimum Gasteiger partial charge on any atom is -0.345 e. The Kier molecular flexibility index (Phi) is 5.11. The number of nitrogens with one attached hydrogen (secondary N) is 1. The van der Waals surface area contributed by atoms with Crippen LogP contribution in [0.2, 0.25) is 5.02 Å². The standard InChI is InChI=1S/C20H18ClN5OS/c1-12-9-13(2)26-20(22-12)23-17(25-26)10-18(27)24-19(15-7-8-28-11-15)14-3-5-16(21)6-4-14/h3-9,11,19H,10H2,1-2H3,(H,24,27). The van der Waals surface area contributed by atoms with Gasteiger partial charge in [-0.3, -0.25) is 4.79 Å². The van der Waals surface area contributed by atoms with Crippen molar-refractivity contribution in [2.45, 2.75) is 26.3 Å². The van der Waals surface area contributed by atoms with E-state index >= 15 is 0 Å². The number of halogens is 1. The fraction of sp³-hybridized carbons (Fsp3) is 0.200. The molecule has 0 saturated heterocycles. The minimum atomic E-state index is -0.254. The second-order valence-electron chi connectivity index (χ2n) is 6.56. The van der Waals surface area contributed by atoms with Crippen LogP contribution in [0.3, 0.4) is 0 Å². The molecule has 3 aromatic heterocycles. The maximum Gasteiger partial charge on any atom is 0.252 e. The van der Waals surface area contributed by atoms with E-state index in [0.717, 1.165) is 22.5 Å². The molecule has 8 heteroatoms. The van der Waals surface area contributed by atoms with Crippen molar-refractivity contribution in [2.24, 2.45) is 0 Å². The molecule has 1 amide bonds. The van der Waals surface area contributed by atoms with E-state index < -0.39 is 0 Å². The van der Waals surface area contributed by atoms with Gasteiger partial charge in [-0.1, -0.05) is 23.7 Å². The Bertz CT molecular complexity index is 1120. The summed E-state index contributed by atoms with van der Waals surface area (Å²) in [6.07, 6.45) is 0.0794. The van der Waals surface area contributed by atoms with Crippen LogP contribution in [-0.2, 0) is 11.2 Å². The first kappa shape index (κ1) is 18.6. The monoisotopic (exact) mass is 411 g/mol. The number of carbonyl (C=O) groups is 1. The highest BCUT2D eigenvalue weighted by atomic mass is 35.5. The minimum absolute atomic E-state index is 0.0794. The van der Waals surface area contributed by atoms with E-state index in [0.29, 0.717) is 16.6 Å². The number of nitrogens with zero attached hydrogens (tertiary/aromatic N) is 4. The summed E-state index contributed by atoms with van der Waals surface area (Å²) < 4.78 is 1.66. The van der Waals surface area contributed by atoms with Crippen LogP contribution < -0.4 is 5.32 Å². The number of thiophene rings is 1. The third kappa shape index (κ3) is 3.90. The number of amides is 1. The van der Waals surface area contributed by atoms with Crippen LogP contribution in [0.5, 0.6) is 0 Å². The summed E-state index contributed by atoms with van der Waals surface area (Å²) in [5.74, 6) is 0.794. The molecule has 28 heavy (non-hydrogen) atoms. The lowest BCUT2D eigenvalue weighted by Gasteiger charge is -2.18. The van der Waals surface area contributed by atoms with Crippen LogP contribution in [0.1, 0.15) is 34.4 Å². The Hall–Kier alpha value is -2.77. The molecule has 6 nitrogen and oxygen atoms in total. The number of aromatic nitrogens is 4. The molecule has 0 radical (unpaired) electrons. The number of hydrogen-bond donors (Lipinski definition) is 1. The molecule has 142 valence electrons. The van der Waals surface area contributed by atoms with Gasteiger partial charge < -0.3 is 5.32 Å². The summed E-state index contributed by atoms with van der Waals surface area (Å²) in [6.45, 7) is 3.85. The summed E-state index contributed by atoms with van der Waals surface area (Å²) in [5.41, 5.74) is 3.79. The van der Waals surface area contributed by atoms with E-state index in [1.54, 1.807) is 15.9 Å². The predicted molar refractivity (Wildman–Crippen MR) is 110 cm³/mol. The summed E-state index contributed by atoms with van der Waals surface area (Å²) >= 11 is 7.60. The molecule has 0 spiro atoms. The van der Waals surface area contributed by atoms with Crippen molar-refractivity contribution in [2.75, 3.05) is 0 Å². The van der Waals surface area contributed by atoms with Gasteiger partial charge in [-0.25, -0.2) is 9.50 Å². The Balaban J connectivity index is 1.56. The Labute approximate surface area is 171 Å². The van der Waals surface area contributed by atoms with Gasteiger partial charge in [-0.15, -0.1) is 5.10 Å². The zero-order chi connectivity index (χ0) is 19.7. The molecule has 0 aliphatic rings. The molecule has 0 bridgehead atoms. The van der Waals surface area contributed by atoms with Crippen molar-refractivity contribution >= 4 is 34.6 Å². The molecule has 3 heterocycles. The van der Waals surface area contributed by atoms with Gasteiger partial charge in [0, 0.05) is 16.4 Å². The van der Waals surface area contributed by atoms with Crippen LogP contribution in [0, 0.1) is 13.8 Å². The molecule has 0 aliphatic heterocycles. The second kappa shape index (κ2) is 7.69. The fourth-order valence-corrected chi connectivity index (χ4v) is 3.90. The van der Waals surface area contributed by atoms with Gasteiger partial charge in [0.1, 0.15) is 0 Å². The maximum absolute atomic E-state index is 12.7. The molecule has 4 rings (SSSR count). The van der Waals surface area contributed by atoms with E-state index in [-0.39, 0.29) is 18.4 Å². The summed E-state index contributed by atoms with van der Waals surface area (Å²) in [5, 5.41) is 12.2. The molecule has 0 saturated carbocycles. The number of rotatable bonds is 5. The van der Waals surface area contributed by atoms with E-state index in [2.05, 4.69) is 20.4 Å². The lowest BCUT2D eigenvalue weighted by atomic mass is 10.0. The van der Waals surface area contributed by atoms with Crippen LogP contribution in [0.25, 0.3) is 5.78 Å². The molecule has 1 unspecified atom stereocenters. The SMILES string of the molecule is Cc1cc(C)n2nc(CC(=O)NC(c3ccc(Cl)cc3)c3ccsc3)nc2n1. The highest BCUT2D eigenvalue weighted by Crippen LogP contribution is 2.25. The quantitative estimate of drug-likeness (QED) is 0.540. The van der Waals surface area contributed by atoms with E-state index in [1.807, 2.05) is 61.0 Å². The number of aryl methyl sites for hydroxylation is 2. The van der Waals surface area contributed by atoms with Crippen molar-refractivity contribution in [3.05, 3.63) is 80.5 Å². The third-order valence-electron chi connectivity index (χ3n) is 4.37. The zero-order valence-corrected chi connectivity index (χ0v) is 17.0. The normalized spacial score (nSPS) is 12.2. The number of hydrogen-bond acceptors (Lipinski definition) is 5. The van der Waals surface area contributed by atoms with Crippen molar-refractivity contribution in [1.82, 2.24) is 24.9 Å². The predicted octanol–water partition coefficient (Wildman–Crippen LogP) is 3.90. The highest BCUT2D eigenvalue weighted by molar-refractivity contribution is 7.08. The topological polar surface area (TPSA) is 72.2 Å². The van der Waals surface area contributed by atoms with Gasteiger partial charge >= 0.3 is 0 Å². The first-order chi connectivity index (χ1) is 13.5. The Morgan fingerprint density at radius 2 is 1.96 bits per heavy atom. The largest absolute Gasteiger partial charge is 0.345 e. The second-order valence-corrected chi connectivity index (χ2v) is 7.78. The average Bonchev–Trinajstić information content (AvgIpc) is 3.30. The number of benzene rings is 1. The van der Waals surface area contributed by atoms with E-state index in [1.165, 1.54) is 0 Å². The smallest absolute Gasteiger partial charge is 0.252 e. The van der Waals surface area contributed by atoms with Crippen LogP contribution in [0.15, 0.2) is 47.2 Å². The molecule has 4 aromatic rings. The molecular weight excluding hydrogens is 394 g/mol. The Morgan fingerprint density at radius 1 is 1.18 bits per heavy atom. The fourth-order valence-electron chi connectivity index (χ4n) is 3.09. The average molecular weight is 412 g/mol. The zero-order valence-electron chi connectivity index (χ0n) is 15.4. The summed E-state index contributed by atoms with van der Waals surface area (Å²) in [4.78, 5) is 21.5. The van der Waals surface area contributed by atoms with Gasteiger partial charge in [0.2, 0.25) is 5.91 Å². The van der Waals surface area contributed by atoms with Gasteiger partial charge in [0.25, 0.3) is 5.78 Å². The van der Waals surface area contributed by atoms with Crippen LogP contribution >= 0.6 is 22.9 Å². The molecule has 0 aliphatic carbocycles. The Morgan fingerprint density at radius 3 is 2.68 bits per heavy atom. The molecular formula is C20H18ClN5OS. The van der Waals surface area contributed by atoms with Gasteiger partial charge in [0.05, 0.1) is 12.5 Å². The van der Waals surface area contributed by atoms with Crippen molar-refractivity contribution < 1.29 is 4.79 Å². The van der Waals surface area contributed by atoms with Crippen LogP contribution in [0.4, 0.5) is 0 Å². The number of carbonyl (C=O) groups excluding carboxylic acids is 1.